The van der Waals surface area contributed by atoms with Crippen LogP contribution >= 0.6 is 0 Å². The van der Waals surface area contributed by atoms with E-state index in [9.17, 15) is 4.39 Å². The monoisotopic (exact) mass is 252 g/mol. The number of anilines is 1. The molecule has 0 aliphatic rings. The lowest BCUT2D eigenvalue weighted by Crippen LogP contribution is -2.26. The van der Waals surface area contributed by atoms with Crippen LogP contribution < -0.4 is 10.2 Å². The average molecular weight is 252 g/mol. The molecule has 0 spiro atoms. The largest absolute Gasteiger partial charge is 0.375 e. The topological polar surface area (TPSA) is 15.3 Å². The lowest BCUT2D eigenvalue weighted by molar-refractivity contribution is 0.503. The van der Waals surface area contributed by atoms with Gasteiger partial charge in [0, 0.05) is 25.3 Å². The Bertz CT molecular complexity index is 341. The number of hydrogen-bond donors (Lipinski definition) is 1. The van der Waals surface area contributed by atoms with Crippen molar-refractivity contribution in [2.24, 2.45) is 0 Å². The third kappa shape index (κ3) is 5.50. The van der Waals surface area contributed by atoms with E-state index in [0.717, 1.165) is 25.2 Å². The van der Waals surface area contributed by atoms with Crippen LogP contribution in [0.1, 0.15) is 33.1 Å². The molecule has 18 heavy (non-hydrogen) atoms. The number of nitrogens with zero attached hydrogens (tertiary/aromatic N) is 1. The predicted octanol–water partition coefficient (Wildman–Crippen LogP) is 3.43. The fourth-order valence-electron chi connectivity index (χ4n) is 2.09. The maximum atomic E-state index is 13.1. The van der Waals surface area contributed by atoms with Gasteiger partial charge in [0.1, 0.15) is 5.82 Å². The van der Waals surface area contributed by atoms with Gasteiger partial charge in [0.05, 0.1) is 0 Å². The molecule has 0 amide bonds. The van der Waals surface area contributed by atoms with Crippen LogP contribution in [0.15, 0.2) is 24.3 Å². The molecular formula is C15H25FN2. The number of unbranched alkanes of at least 4 members (excludes halogenated alkanes) is 1. The van der Waals surface area contributed by atoms with Crippen molar-refractivity contribution >= 4 is 5.69 Å². The van der Waals surface area contributed by atoms with Gasteiger partial charge in [-0.05, 0) is 44.5 Å². The lowest BCUT2D eigenvalue weighted by Gasteiger charge is -2.20. The molecule has 0 fully saturated rings. The normalized spacial score (nSPS) is 12.4. The van der Waals surface area contributed by atoms with E-state index in [1.165, 1.54) is 18.9 Å². The molecular weight excluding hydrogens is 227 g/mol. The third-order valence-corrected chi connectivity index (χ3v) is 3.18. The second-order valence-electron chi connectivity index (χ2n) is 4.86. The molecule has 2 nitrogen and oxygen atoms in total. The molecule has 0 aliphatic heterocycles. The molecule has 0 heterocycles. The van der Waals surface area contributed by atoms with E-state index in [1.807, 2.05) is 13.1 Å². The predicted molar refractivity (Wildman–Crippen MR) is 76.7 cm³/mol. The van der Waals surface area contributed by atoms with Crippen molar-refractivity contribution < 1.29 is 4.39 Å². The van der Waals surface area contributed by atoms with Crippen molar-refractivity contribution in [2.75, 3.05) is 25.0 Å². The molecule has 0 saturated heterocycles. The van der Waals surface area contributed by atoms with Crippen LogP contribution in [-0.2, 0) is 0 Å². The summed E-state index contributed by atoms with van der Waals surface area (Å²) >= 11 is 0. The van der Waals surface area contributed by atoms with Gasteiger partial charge in [-0.25, -0.2) is 4.39 Å². The van der Waals surface area contributed by atoms with Gasteiger partial charge in [0.25, 0.3) is 0 Å². The minimum Gasteiger partial charge on any atom is -0.375 e. The van der Waals surface area contributed by atoms with Crippen LogP contribution in [0.3, 0.4) is 0 Å². The lowest BCUT2D eigenvalue weighted by atomic mass is 10.1. The van der Waals surface area contributed by atoms with E-state index in [-0.39, 0.29) is 5.82 Å². The maximum Gasteiger partial charge on any atom is 0.125 e. The van der Waals surface area contributed by atoms with Gasteiger partial charge >= 0.3 is 0 Å². The highest BCUT2D eigenvalue weighted by atomic mass is 19.1. The Hall–Kier alpha value is -1.09. The van der Waals surface area contributed by atoms with Crippen LogP contribution in [0.4, 0.5) is 10.1 Å². The summed E-state index contributed by atoms with van der Waals surface area (Å²) in [5.74, 6) is -0.167. The SMILES string of the molecule is CCNC(C)CCCCN(C)c1cccc(F)c1. The van der Waals surface area contributed by atoms with Crippen molar-refractivity contribution in [2.45, 2.75) is 39.2 Å². The van der Waals surface area contributed by atoms with E-state index in [2.05, 4.69) is 24.1 Å². The summed E-state index contributed by atoms with van der Waals surface area (Å²) in [4.78, 5) is 2.11. The van der Waals surface area contributed by atoms with Crippen LogP contribution in [0, 0.1) is 5.82 Å². The zero-order valence-corrected chi connectivity index (χ0v) is 11.7. The van der Waals surface area contributed by atoms with Crippen molar-refractivity contribution in [3.05, 3.63) is 30.1 Å². The van der Waals surface area contributed by atoms with Crippen LogP contribution in [-0.4, -0.2) is 26.2 Å². The Morgan fingerprint density at radius 2 is 2.11 bits per heavy atom. The summed E-state index contributed by atoms with van der Waals surface area (Å²) in [7, 11) is 2.02. The highest BCUT2D eigenvalue weighted by Crippen LogP contribution is 2.14. The van der Waals surface area contributed by atoms with Gasteiger partial charge in [0.2, 0.25) is 0 Å². The second-order valence-corrected chi connectivity index (χ2v) is 4.86. The molecule has 102 valence electrons. The average Bonchev–Trinajstić information content (AvgIpc) is 2.35. The van der Waals surface area contributed by atoms with E-state index in [0.29, 0.717) is 6.04 Å². The highest BCUT2D eigenvalue weighted by molar-refractivity contribution is 5.45. The summed E-state index contributed by atoms with van der Waals surface area (Å²) in [6.45, 7) is 6.36. The van der Waals surface area contributed by atoms with Crippen molar-refractivity contribution in [3.8, 4) is 0 Å². The smallest absolute Gasteiger partial charge is 0.125 e. The van der Waals surface area contributed by atoms with Gasteiger partial charge in [-0.3, -0.25) is 0 Å². The summed E-state index contributed by atoms with van der Waals surface area (Å²) in [6, 6.07) is 7.37. The van der Waals surface area contributed by atoms with Crippen molar-refractivity contribution in [1.29, 1.82) is 0 Å². The number of nitrogens with one attached hydrogen (secondary N) is 1. The molecule has 0 radical (unpaired) electrons. The summed E-state index contributed by atoms with van der Waals surface area (Å²) in [5, 5.41) is 3.41. The number of halogens is 1. The van der Waals surface area contributed by atoms with E-state index >= 15 is 0 Å². The zero-order valence-electron chi connectivity index (χ0n) is 11.7. The molecule has 0 aromatic heterocycles. The standard InChI is InChI=1S/C15H25FN2/c1-4-17-13(2)8-5-6-11-18(3)15-10-7-9-14(16)12-15/h7,9-10,12-13,17H,4-6,8,11H2,1-3H3. The summed E-state index contributed by atoms with van der Waals surface area (Å²) in [5.41, 5.74) is 0.953. The van der Waals surface area contributed by atoms with Crippen LogP contribution in [0.5, 0.6) is 0 Å². The van der Waals surface area contributed by atoms with Gasteiger partial charge in [-0.2, -0.15) is 0 Å². The van der Waals surface area contributed by atoms with E-state index in [1.54, 1.807) is 12.1 Å². The zero-order chi connectivity index (χ0) is 13.4. The molecule has 1 unspecified atom stereocenters. The Morgan fingerprint density at radius 1 is 1.33 bits per heavy atom. The highest BCUT2D eigenvalue weighted by Gasteiger charge is 2.03. The Morgan fingerprint density at radius 3 is 2.78 bits per heavy atom. The van der Waals surface area contributed by atoms with Crippen LogP contribution in [0.2, 0.25) is 0 Å². The Kier molecular flexibility index (Phi) is 6.73. The van der Waals surface area contributed by atoms with Gasteiger partial charge < -0.3 is 10.2 Å². The molecule has 0 aliphatic carbocycles. The molecule has 0 saturated carbocycles. The first kappa shape index (κ1) is 15.0. The molecule has 1 atom stereocenters. The molecule has 3 heteroatoms. The Labute approximate surface area is 110 Å². The van der Waals surface area contributed by atoms with E-state index < -0.39 is 0 Å². The van der Waals surface area contributed by atoms with Gasteiger partial charge in [0.15, 0.2) is 0 Å². The molecule has 1 N–H and O–H groups in total. The first-order valence-electron chi connectivity index (χ1n) is 6.83. The minimum absolute atomic E-state index is 0.167. The fourth-order valence-corrected chi connectivity index (χ4v) is 2.09. The molecule has 0 bridgehead atoms. The first-order valence-corrected chi connectivity index (χ1v) is 6.83. The number of benzene rings is 1. The van der Waals surface area contributed by atoms with Gasteiger partial charge in [-0.15, -0.1) is 0 Å². The molecule has 1 aromatic rings. The summed E-state index contributed by atoms with van der Waals surface area (Å²) in [6.07, 6.45) is 3.54. The minimum atomic E-state index is -0.167. The maximum absolute atomic E-state index is 13.1. The first-order chi connectivity index (χ1) is 8.63. The van der Waals surface area contributed by atoms with Gasteiger partial charge in [-0.1, -0.05) is 19.4 Å². The molecule has 1 rings (SSSR count). The van der Waals surface area contributed by atoms with Crippen molar-refractivity contribution in [3.63, 3.8) is 0 Å². The number of hydrogen-bond acceptors (Lipinski definition) is 2. The van der Waals surface area contributed by atoms with Crippen LogP contribution in [0.25, 0.3) is 0 Å². The number of rotatable bonds is 8. The van der Waals surface area contributed by atoms with Crippen molar-refractivity contribution in [1.82, 2.24) is 5.32 Å². The quantitative estimate of drug-likeness (QED) is 0.713. The fraction of sp³-hybridized carbons (Fsp3) is 0.600. The summed E-state index contributed by atoms with van der Waals surface area (Å²) < 4.78 is 13.1. The Balaban J connectivity index is 2.23. The van der Waals surface area contributed by atoms with E-state index in [4.69, 9.17) is 0 Å². The molecule has 1 aromatic carbocycles. The third-order valence-electron chi connectivity index (χ3n) is 3.18. The second kappa shape index (κ2) is 8.09.